The molecule has 0 saturated heterocycles. The van der Waals surface area contributed by atoms with Crippen LogP contribution in [0, 0.1) is 0 Å². The van der Waals surface area contributed by atoms with Gasteiger partial charge in [-0.1, -0.05) is 19.9 Å². The number of hydrogen-bond donors (Lipinski definition) is 2. The zero-order chi connectivity index (χ0) is 18.4. The van der Waals surface area contributed by atoms with Crippen molar-refractivity contribution >= 4 is 29.9 Å². The molecule has 0 aromatic carbocycles. The van der Waals surface area contributed by atoms with Crippen LogP contribution in [0.3, 0.4) is 0 Å². The van der Waals surface area contributed by atoms with Crippen LogP contribution >= 0.6 is 24.0 Å². The van der Waals surface area contributed by atoms with E-state index >= 15 is 0 Å². The maximum atomic E-state index is 5.36. The summed E-state index contributed by atoms with van der Waals surface area (Å²) in [5, 5.41) is 11.5. The van der Waals surface area contributed by atoms with Crippen molar-refractivity contribution in [1.29, 1.82) is 0 Å². The maximum absolute atomic E-state index is 5.36. The minimum absolute atomic E-state index is 0. The summed E-state index contributed by atoms with van der Waals surface area (Å²) < 4.78 is 7.39. The SMILES string of the molecule is C=CCNC(=NCCc1ccco1)NC1CCc2nc(C(C)C)nn2C1.I. The van der Waals surface area contributed by atoms with Gasteiger partial charge in [-0.15, -0.1) is 30.6 Å². The number of halogens is 1. The molecule has 3 heterocycles. The van der Waals surface area contributed by atoms with Gasteiger partial charge in [0.1, 0.15) is 11.6 Å². The predicted octanol–water partition coefficient (Wildman–Crippen LogP) is 2.89. The van der Waals surface area contributed by atoms with Crippen LogP contribution in [0.2, 0.25) is 0 Å². The molecule has 148 valence electrons. The van der Waals surface area contributed by atoms with Crippen molar-refractivity contribution in [3.63, 3.8) is 0 Å². The van der Waals surface area contributed by atoms with Crippen LogP contribution in [0.15, 0.2) is 40.5 Å². The van der Waals surface area contributed by atoms with Crippen molar-refractivity contribution in [3.8, 4) is 0 Å². The van der Waals surface area contributed by atoms with E-state index in [4.69, 9.17) is 4.42 Å². The lowest BCUT2D eigenvalue weighted by Gasteiger charge is -2.25. The van der Waals surface area contributed by atoms with E-state index < -0.39 is 0 Å². The molecule has 1 aliphatic rings. The van der Waals surface area contributed by atoms with Gasteiger partial charge in [0.15, 0.2) is 11.8 Å². The third-order valence-corrected chi connectivity index (χ3v) is 4.35. The molecule has 0 fully saturated rings. The van der Waals surface area contributed by atoms with E-state index in [9.17, 15) is 0 Å². The van der Waals surface area contributed by atoms with Crippen molar-refractivity contribution in [2.24, 2.45) is 4.99 Å². The summed E-state index contributed by atoms with van der Waals surface area (Å²) in [5.74, 6) is 4.12. The van der Waals surface area contributed by atoms with Gasteiger partial charge in [0.2, 0.25) is 0 Å². The van der Waals surface area contributed by atoms with Gasteiger partial charge in [-0.05, 0) is 18.6 Å². The monoisotopic (exact) mass is 484 g/mol. The first-order chi connectivity index (χ1) is 12.7. The fraction of sp³-hybridized carbons (Fsp3) is 0.526. The van der Waals surface area contributed by atoms with E-state index in [-0.39, 0.29) is 30.0 Å². The van der Waals surface area contributed by atoms with Gasteiger partial charge in [0.25, 0.3) is 0 Å². The molecule has 0 saturated carbocycles. The lowest BCUT2D eigenvalue weighted by molar-refractivity contribution is 0.392. The number of rotatable bonds is 7. The number of nitrogens with one attached hydrogen (secondary N) is 2. The molecule has 7 nitrogen and oxygen atoms in total. The first-order valence-electron chi connectivity index (χ1n) is 9.27. The maximum Gasteiger partial charge on any atom is 0.191 e. The molecule has 0 amide bonds. The second-order valence-electron chi connectivity index (χ2n) is 6.83. The summed E-state index contributed by atoms with van der Waals surface area (Å²) >= 11 is 0. The van der Waals surface area contributed by atoms with Gasteiger partial charge >= 0.3 is 0 Å². The number of aromatic nitrogens is 3. The van der Waals surface area contributed by atoms with Gasteiger partial charge in [0.05, 0.1) is 12.8 Å². The standard InChI is InChI=1S/C19H28N6O.HI/c1-4-10-20-19(21-11-9-16-6-5-12-26-16)22-15-7-8-17-23-18(14(2)3)24-25(17)13-15;/h4-6,12,14-15H,1,7-11,13H2,2-3H3,(H2,20,21,22);1H. The van der Waals surface area contributed by atoms with E-state index in [2.05, 4.69) is 46.1 Å². The number of aryl methyl sites for hydroxylation is 1. The Kier molecular flexibility index (Phi) is 8.33. The van der Waals surface area contributed by atoms with Crippen molar-refractivity contribution < 1.29 is 4.42 Å². The van der Waals surface area contributed by atoms with Crippen LogP contribution in [0.25, 0.3) is 0 Å². The van der Waals surface area contributed by atoms with Gasteiger partial charge < -0.3 is 15.1 Å². The van der Waals surface area contributed by atoms with Gasteiger partial charge in [-0.25, -0.2) is 9.67 Å². The van der Waals surface area contributed by atoms with E-state index in [1.807, 2.05) is 22.9 Å². The molecular formula is C19H29IN6O. The number of aliphatic imine (C=N–C) groups is 1. The highest BCUT2D eigenvalue weighted by Gasteiger charge is 2.23. The number of hydrogen-bond acceptors (Lipinski definition) is 4. The van der Waals surface area contributed by atoms with Crippen LogP contribution in [0.5, 0.6) is 0 Å². The fourth-order valence-electron chi connectivity index (χ4n) is 2.94. The summed E-state index contributed by atoms with van der Waals surface area (Å²) in [4.78, 5) is 9.31. The third-order valence-electron chi connectivity index (χ3n) is 4.35. The van der Waals surface area contributed by atoms with E-state index in [0.29, 0.717) is 19.0 Å². The van der Waals surface area contributed by atoms with Gasteiger partial charge in [0, 0.05) is 37.9 Å². The predicted molar refractivity (Wildman–Crippen MR) is 118 cm³/mol. The molecular weight excluding hydrogens is 455 g/mol. The summed E-state index contributed by atoms with van der Waals surface area (Å²) in [6.45, 7) is 10.2. The third kappa shape index (κ3) is 6.08. The molecule has 1 aliphatic heterocycles. The van der Waals surface area contributed by atoms with E-state index in [0.717, 1.165) is 49.2 Å². The Morgan fingerprint density at radius 3 is 3.07 bits per heavy atom. The fourth-order valence-corrected chi connectivity index (χ4v) is 2.94. The first kappa shape index (κ1) is 21.5. The van der Waals surface area contributed by atoms with Crippen molar-refractivity contribution in [2.75, 3.05) is 13.1 Å². The van der Waals surface area contributed by atoms with E-state index in [1.165, 1.54) is 0 Å². The highest BCUT2D eigenvalue weighted by Crippen LogP contribution is 2.16. The van der Waals surface area contributed by atoms with Crippen LogP contribution in [-0.2, 0) is 19.4 Å². The van der Waals surface area contributed by atoms with Crippen molar-refractivity contribution in [2.45, 2.75) is 51.6 Å². The zero-order valence-electron chi connectivity index (χ0n) is 16.0. The highest BCUT2D eigenvalue weighted by atomic mass is 127. The van der Waals surface area contributed by atoms with Gasteiger partial charge in [-0.2, -0.15) is 5.10 Å². The molecule has 2 aromatic rings. The summed E-state index contributed by atoms with van der Waals surface area (Å²) in [6.07, 6.45) is 6.25. The first-order valence-corrected chi connectivity index (χ1v) is 9.27. The molecule has 0 spiro atoms. The van der Waals surface area contributed by atoms with Crippen molar-refractivity contribution in [3.05, 3.63) is 48.5 Å². The molecule has 0 aliphatic carbocycles. The van der Waals surface area contributed by atoms with Crippen molar-refractivity contribution in [1.82, 2.24) is 25.4 Å². The second kappa shape index (κ2) is 10.5. The average Bonchev–Trinajstić information content (AvgIpc) is 3.28. The van der Waals surface area contributed by atoms with E-state index in [1.54, 1.807) is 6.26 Å². The minimum Gasteiger partial charge on any atom is -0.469 e. The Morgan fingerprint density at radius 1 is 1.52 bits per heavy atom. The van der Waals surface area contributed by atoms with Crippen LogP contribution in [0.1, 0.15) is 43.6 Å². The molecule has 8 heteroatoms. The Balaban J connectivity index is 0.00000261. The Hall–Kier alpha value is -1.84. The highest BCUT2D eigenvalue weighted by molar-refractivity contribution is 14.0. The number of fused-ring (bicyclic) bond motifs is 1. The smallest absolute Gasteiger partial charge is 0.191 e. The quantitative estimate of drug-likeness (QED) is 0.274. The topological polar surface area (TPSA) is 80.3 Å². The lowest BCUT2D eigenvalue weighted by atomic mass is 10.1. The average molecular weight is 484 g/mol. The number of furan rings is 1. The molecule has 2 aromatic heterocycles. The Morgan fingerprint density at radius 2 is 2.37 bits per heavy atom. The Bertz CT molecular complexity index is 737. The minimum atomic E-state index is 0. The molecule has 0 radical (unpaired) electrons. The van der Waals surface area contributed by atoms with Crippen LogP contribution in [0.4, 0.5) is 0 Å². The summed E-state index contributed by atoms with van der Waals surface area (Å²) in [5.41, 5.74) is 0. The molecule has 27 heavy (non-hydrogen) atoms. The largest absolute Gasteiger partial charge is 0.469 e. The normalized spacial score (nSPS) is 16.6. The summed E-state index contributed by atoms with van der Waals surface area (Å²) in [7, 11) is 0. The second-order valence-corrected chi connectivity index (χ2v) is 6.83. The Labute approximate surface area is 177 Å². The molecule has 1 atom stereocenters. The summed E-state index contributed by atoms with van der Waals surface area (Å²) in [6, 6.07) is 4.15. The zero-order valence-corrected chi connectivity index (χ0v) is 18.3. The molecule has 0 bridgehead atoms. The molecule has 1 unspecified atom stereocenters. The number of nitrogens with zero attached hydrogens (tertiary/aromatic N) is 4. The molecule has 2 N–H and O–H groups in total. The van der Waals surface area contributed by atoms with Crippen LogP contribution < -0.4 is 10.6 Å². The molecule has 3 rings (SSSR count). The van der Waals surface area contributed by atoms with Crippen LogP contribution in [-0.4, -0.2) is 39.9 Å². The lowest BCUT2D eigenvalue weighted by Crippen LogP contribution is -2.47. The van der Waals surface area contributed by atoms with Gasteiger partial charge in [-0.3, -0.25) is 4.99 Å². The number of guanidine groups is 1.